The summed E-state index contributed by atoms with van der Waals surface area (Å²) in [5.74, 6) is -4.44. The van der Waals surface area contributed by atoms with Gasteiger partial charge in [0.1, 0.15) is 17.2 Å². The summed E-state index contributed by atoms with van der Waals surface area (Å²) in [5.41, 5.74) is -1.72. The first kappa shape index (κ1) is 23.7. The molecule has 1 aromatic heterocycles. The van der Waals surface area contributed by atoms with Crippen LogP contribution in [0.4, 0.5) is 8.78 Å². The van der Waals surface area contributed by atoms with Crippen LogP contribution in [0.1, 0.15) is 79.0 Å². The average molecular weight is 476 g/mol. The smallest absolute Gasteiger partial charge is 0.290 e. The Kier molecular flexibility index (Phi) is 6.05. The van der Waals surface area contributed by atoms with E-state index in [1.165, 1.54) is 6.92 Å². The minimum absolute atomic E-state index is 0.0163. The maximum Gasteiger partial charge on any atom is 0.290 e. The van der Waals surface area contributed by atoms with Gasteiger partial charge in [-0.2, -0.15) is 0 Å². The third-order valence-electron chi connectivity index (χ3n) is 6.55. The summed E-state index contributed by atoms with van der Waals surface area (Å²) in [5, 5.41) is 17.5. The second-order valence-electron chi connectivity index (χ2n) is 9.12. The van der Waals surface area contributed by atoms with Gasteiger partial charge < -0.3 is 25.2 Å². The van der Waals surface area contributed by atoms with Crippen LogP contribution in [0.3, 0.4) is 0 Å². The Morgan fingerprint density at radius 1 is 1.15 bits per heavy atom. The predicted molar refractivity (Wildman–Crippen MR) is 115 cm³/mol. The van der Waals surface area contributed by atoms with E-state index in [2.05, 4.69) is 20.3 Å². The first-order valence-corrected chi connectivity index (χ1v) is 11.1. The molecule has 2 aliphatic rings. The lowest BCUT2D eigenvalue weighted by atomic mass is 10.0. The lowest BCUT2D eigenvalue weighted by molar-refractivity contribution is -0.124. The van der Waals surface area contributed by atoms with E-state index in [1.54, 1.807) is 4.90 Å². The summed E-state index contributed by atoms with van der Waals surface area (Å²) in [6.45, 7) is 5.22. The molecule has 11 heteroatoms. The number of carbonyl (C=O) groups excluding carboxylic acids is 3. The second kappa shape index (κ2) is 8.69. The fourth-order valence-corrected chi connectivity index (χ4v) is 4.46. The fourth-order valence-electron chi connectivity index (χ4n) is 4.46. The highest BCUT2D eigenvalue weighted by atomic mass is 19.1. The number of aromatic hydroxyl groups is 1. The van der Waals surface area contributed by atoms with Crippen molar-refractivity contribution in [2.45, 2.75) is 70.1 Å². The van der Waals surface area contributed by atoms with E-state index in [-0.39, 0.29) is 29.0 Å². The molecule has 1 aromatic carbocycles. The van der Waals surface area contributed by atoms with Crippen LogP contribution >= 0.6 is 0 Å². The van der Waals surface area contributed by atoms with Crippen molar-refractivity contribution in [3.8, 4) is 5.88 Å². The molecule has 3 amide bonds. The molecule has 3 atom stereocenters. The van der Waals surface area contributed by atoms with Crippen molar-refractivity contribution < 1.29 is 32.8 Å². The number of rotatable bonds is 6. The molecule has 1 aliphatic heterocycles. The van der Waals surface area contributed by atoms with Crippen molar-refractivity contribution in [1.82, 2.24) is 20.7 Å². The molecule has 2 aromatic rings. The molecular weight excluding hydrogens is 450 g/mol. The topological polar surface area (TPSA) is 125 Å². The van der Waals surface area contributed by atoms with Crippen LogP contribution in [0.25, 0.3) is 0 Å². The van der Waals surface area contributed by atoms with Crippen molar-refractivity contribution in [2.75, 3.05) is 0 Å². The van der Waals surface area contributed by atoms with Crippen LogP contribution in [0.5, 0.6) is 5.88 Å². The molecule has 1 saturated carbocycles. The van der Waals surface area contributed by atoms with E-state index in [1.807, 2.05) is 13.8 Å². The van der Waals surface area contributed by atoms with E-state index < -0.39 is 46.8 Å². The van der Waals surface area contributed by atoms with E-state index in [0.29, 0.717) is 12.8 Å². The molecule has 1 aliphatic carbocycles. The molecule has 4 rings (SSSR count). The highest BCUT2D eigenvalue weighted by Crippen LogP contribution is 2.37. The summed E-state index contributed by atoms with van der Waals surface area (Å²) >= 11 is 0. The Morgan fingerprint density at radius 2 is 1.74 bits per heavy atom. The average Bonchev–Trinajstić information content (AvgIpc) is 3.29. The standard InChI is InChI=1S/C23H26F2N4O5/c1-11-4-5-12(2)29(11)21(32)14-8-15(24)19(16(25)9-14)13(3)26-22(33)23(6-7-23)27-20(31)17-10-18(30)28-34-17/h8-13H,4-7H2,1-3H3,(H,26,33)(H,27,31)(H,28,30)/t11?,12?,13-/m1/s1. The predicted octanol–water partition coefficient (Wildman–Crippen LogP) is 2.81. The van der Waals surface area contributed by atoms with Gasteiger partial charge >= 0.3 is 0 Å². The molecule has 2 unspecified atom stereocenters. The van der Waals surface area contributed by atoms with Gasteiger partial charge in [0.05, 0.1) is 12.1 Å². The zero-order valence-electron chi connectivity index (χ0n) is 19.0. The third-order valence-corrected chi connectivity index (χ3v) is 6.55. The molecule has 1 saturated heterocycles. The largest absolute Gasteiger partial charge is 0.491 e. The summed E-state index contributed by atoms with van der Waals surface area (Å²) in [7, 11) is 0. The lowest BCUT2D eigenvalue weighted by Crippen LogP contribution is -2.49. The molecule has 0 spiro atoms. The maximum atomic E-state index is 14.9. The van der Waals surface area contributed by atoms with Crippen LogP contribution in [-0.2, 0) is 4.79 Å². The normalized spacial score (nSPS) is 21.7. The molecule has 182 valence electrons. The Morgan fingerprint density at radius 3 is 2.24 bits per heavy atom. The molecule has 2 fully saturated rings. The van der Waals surface area contributed by atoms with Gasteiger partial charge in [-0.25, -0.2) is 8.78 Å². The molecular formula is C23H26F2N4O5. The number of halogens is 2. The summed E-state index contributed by atoms with van der Waals surface area (Å²) in [6.07, 6.45) is 2.30. The number of nitrogens with zero attached hydrogens (tertiary/aromatic N) is 2. The second-order valence-corrected chi connectivity index (χ2v) is 9.12. The molecule has 0 radical (unpaired) electrons. The van der Waals surface area contributed by atoms with Gasteiger partial charge in [0.25, 0.3) is 17.7 Å². The van der Waals surface area contributed by atoms with Gasteiger partial charge in [0, 0.05) is 23.2 Å². The molecule has 0 bridgehead atoms. The molecule has 2 heterocycles. The van der Waals surface area contributed by atoms with Gasteiger partial charge in [-0.1, -0.05) is 0 Å². The molecule has 3 N–H and O–H groups in total. The van der Waals surface area contributed by atoms with Crippen LogP contribution in [-0.4, -0.2) is 50.5 Å². The highest BCUT2D eigenvalue weighted by Gasteiger charge is 2.52. The van der Waals surface area contributed by atoms with Gasteiger partial charge in [-0.05, 0) is 63.7 Å². The van der Waals surface area contributed by atoms with Gasteiger partial charge in [0.15, 0.2) is 0 Å². The summed E-state index contributed by atoms with van der Waals surface area (Å²) in [4.78, 5) is 39.5. The summed E-state index contributed by atoms with van der Waals surface area (Å²) < 4.78 is 34.5. The Bertz CT molecular complexity index is 1110. The van der Waals surface area contributed by atoms with E-state index in [0.717, 1.165) is 31.0 Å². The quantitative estimate of drug-likeness (QED) is 0.589. The minimum atomic E-state index is -1.25. The monoisotopic (exact) mass is 476 g/mol. The summed E-state index contributed by atoms with van der Waals surface area (Å²) in [6, 6.07) is 1.89. The van der Waals surface area contributed by atoms with Crippen LogP contribution in [0.15, 0.2) is 22.7 Å². The first-order chi connectivity index (χ1) is 16.0. The van der Waals surface area contributed by atoms with Crippen LogP contribution in [0, 0.1) is 11.6 Å². The van der Waals surface area contributed by atoms with Gasteiger partial charge in [-0.3, -0.25) is 14.4 Å². The van der Waals surface area contributed by atoms with Crippen molar-refractivity contribution in [3.05, 3.63) is 46.7 Å². The number of likely N-dealkylation sites (tertiary alicyclic amines) is 1. The Hall–Kier alpha value is -3.50. The van der Waals surface area contributed by atoms with Crippen molar-refractivity contribution in [2.24, 2.45) is 0 Å². The first-order valence-electron chi connectivity index (χ1n) is 11.1. The number of aromatic nitrogens is 1. The molecule has 34 heavy (non-hydrogen) atoms. The number of hydrogen-bond acceptors (Lipinski definition) is 6. The lowest BCUT2D eigenvalue weighted by Gasteiger charge is -2.27. The van der Waals surface area contributed by atoms with E-state index in [4.69, 9.17) is 0 Å². The zero-order chi connectivity index (χ0) is 24.8. The van der Waals surface area contributed by atoms with E-state index in [9.17, 15) is 28.3 Å². The number of benzene rings is 1. The van der Waals surface area contributed by atoms with Crippen molar-refractivity contribution in [3.63, 3.8) is 0 Å². The number of hydrogen-bond donors (Lipinski definition) is 3. The third kappa shape index (κ3) is 4.34. The number of carbonyl (C=O) groups is 3. The maximum absolute atomic E-state index is 14.9. The van der Waals surface area contributed by atoms with Gasteiger partial charge in [0.2, 0.25) is 11.7 Å². The van der Waals surface area contributed by atoms with Crippen LogP contribution in [0.2, 0.25) is 0 Å². The number of nitrogens with one attached hydrogen (secondary N) is 2. The molecule has 9 nitrogen and oxygen atoms in total. The number of amides is 3. The van der Waals surface area contributed by atoms with Crippen LogP contribution < -0.4 is 10.6 Å². The SMILES string of the molecule is CC1CCC(C)N1C(=O)c1cc(F)c([C@@H](C)NC(=O)C2(NC(=O)c3cc(O)no3)CC2)c(F)c1. The van der Waals surface area contributed by atoms with Crippen molar-refractivity contribution >= 4 is 17.7 Å². The van der Waals surface area contributed by atoms with Gasteiger partial charge in [-0.15, -0.1) is 0 Å². The Balaban J connectivity index is 1.46. The zero-order valence-corrected chi connectivity index (χ0v) is 19.0. The minimum Gasteiger partial charge on any atom is -0.491 e. The fraction of sp³-hybridized carbons (Fsp3) is 0.478. The Labute approximate surface area is 194 Å². The van der Waals surface area contributed by atoms with Crippen molar-refractivity contribution in [1.29, 1.82) is 0 Å². The highest BCUT2D eigenvalue weighted by molar-refractivity contribution is 5.99. The van der Waals surface area contributed by atoms with E-state index >= 15 is 0 Å².